The number of rotatable bonds is 3. The molecular weight excluding hydrogens is 425 g/mol. The molecule has 0 saturated carbocycles. The van der Waals surface area contributed by atoms with Gasteiger partial charge in [0, 0.05) is 32.7 Å². The van der Waals surface area contributed by atoms with E-state index in [2.05, 4.69) is 9.80 Å². The molecule has 0 atom stereocenters. The molecule has 2 aliphatic heterocycles. The summed E-state index contributed by atoms with van der Waals surface area (Å²) in [5, 5.41) is 9.39. The van der Waals surface area contributed by atoms with Crippen LogP contribution in [0, 0.1) is 5.41 Å². The van der Waals surface area contributed by atoms with Gasteiger partial charge in [-0.25, -0.2) is 4.99 Å². The van der Waals surface area contributed by atoms with Crippen LogP contribution < -0.4 is 4.74 Å². The molecule has 2 aromatic carbocycles. The molecule has 2 aliphatic rings. The third-order valence-corrected chi connectivity index (χ3v) is 5.31. The summed E-state index contributed by atoms with van der Waals surface area (Å²) in [6.07, 6.45) is 0. The Balaban J connectivity index is 0.00000160. The molecule has 2 heterocycles. The number of nitrogens with zero attached hydrogens (tertiary/aromatic N) is 3. The van der Waals surface area contributed by atoms with Crippen LogP contribution in [0.25, 0.3) is 0 Å². The van der Waals surface area contributed by atoms with Gasteiger partial charge in [0.05, 0.1) is 11.0 Å². The van der Waals surface area contributed by atoms with Gasteiger partial charge in [-0.15, -0.1) is 24.8 Å². The molecule has 8 heteroatoms. The van der Waals surface area contributed by atoms with Crippen molar-refractivity contribution in [2.75, 3.05) is 32.7 Å². The zero-order valence-electron chi connectivity index (χ0n) is 17.1. The average Bonchev–Trinajstić information content (AvgIpc) is 2.85. The number of carbonyl (C=O) groups is 1. The van der Waals surface area contributed by atoms with E-state index in [9.17, 15) is 9.90 Å². The van der Waals surface area contributed by atoms with Crippen LogP contribution in [0.4, 0.5) is 5.69 Å². The summed E-state index contributed by atoms with van der Waals surface area (Å²) in [6.45, 7) is 7.31. The Morgan fingerprint density at radius 3 is 2.27 bits per heavy atom. The SMILES string of the molecule is CC(C)(CN1CCN(C2=Nc3ccccc3Oc3ccccc32)CC1)C(=O)O.Cl.Cl. The highest BCUT2D eigenvalue weighted by atomic mass is 35.5. The summed E-state index contributed by atoms with van der Waals surface area (Å²) < 4.78 is 6.12. The van der Waals surface area contributed by atoms with Crippen molar-refractivity contribution in [2.45, 2.75) is 13.8 Å². The second-order valence-electron chi connectivity index (χ2n) is 7.95. The van der Waals surface area contributed by atoms with Gasteiger partial charge >= 0.3 is 5.97 Å². The van der Waals surface area contributed by atoms with Crippen molar-refractivity contribution in [3.63, 3.8) is 0 Å². The minimum Gasteiger partial charge on any atom is -0.481 e. The molecule has 162 valence electrons. The Bertz CT molecular complexity index is 925. The van der Waals surface area contributed by atoms with Crippen LogP contribution in [-0.2, 0) is 4.79 Å². The molecule has 2 aromatic rings. The van der Waals surface area contributed by atoms with Gasteiger partial charge in [-0.2, -0.15) is 0 Å². The van der Waals surface area contributed by atoms with Gasteiger partial charge in [-0.05, 0) is 38.1 Å². The molecular formula is C22H27Cl2N3O3. The molecule has 6 nitrogen and oxygen atoms in total. The van der Waals surface area contributed by atoms with Crippen molar-refractivity contribution in [2.24, 2.45) is 10.4 Å². The number of benzene rings is 2. The van der Waals surface area contributed by atoms with Gasteiger partial charge in [0.1, 0.15) is 17.3 Å². The molecule has 0 unspecified atom stereocenters. The topological polar surface area (TPSA) is 65.4 Å². The van der Waals surface area contributed by atoms with Gasteiger partial charge in [-0.1, -0.05) is 24.3 Å². The maximum Gasteiger partial charge on any atom is 0.310 e. The number of ether oxygens (including phenoxy) is 1. The van der Waals surface area contributed by atoms with E-state index in [1.807, 2.05) is 48.5 Å². The van der Waals surface area contributed by atoms with Crippen molar-refractivity contribution in [1.29, 1.82) is 0 Å². The van der Waals surface area contributed by atoms with Gasteiger partial charge in [-0.3, -0.25) is 9.69 Å². The quantitative estimate of drug-likeness (QED) is 0.746. The molecule has 0 radical (unpaired) electrons. The third-order valence-electron chi connectivity index (χ3n) is 5.31. The molecule has 0 aliphatic carbocycles. The second-order valence-corrected chi connectivity index (χ2v) is 7.95. The van der Waals surface area contributed by atoms with E-state index in [4.69, 9.17) is 9.73 Å². The first kappa shape index (κ1) is 24.0. The lowest BCUT2D eigenvalue weighted by Crippen LogP contribution is -2.52. The summed E-state index contributed by atoms with van der Waals surface area (Å²) in [5.74, 6) is 1.72. The first-order valence-electron chi connectivity index (χ1n) is 9.60. The van der Waals surface area contributed by atoms with Crippen LogP contribution in [0.2, 0.25) is 0 Å². The van der Waals surface area contributed by atoms with E-state index in [1.54, 1.807) is 13.8 Å². The fourth-order valence-electron chi connectivity index (χ4n) is 3.65. The number of aliphatic imine (C=N–C) groups is 1. The molecule has 0 spiro atoms. The second kappa shape index (κ2) is 9.69. The third kappa shape index (κ3) is 4.89. The van der Waals surface area contributed by atoms with Gasteiger partial charge in [0.25, 0.3) is 0 Å². The maximum absolute atomic E-state index is 11.4. The van der Waals surface area contributed by atoms with Crippen LogP contribution in [-0.4, -0.2) is 59.4 Å². The Hall–Kier alpha value is -2.28. The minimum absolute atomic E-state index is 0. The number of hydrogen-bond acceptors (Lipinski definition) is 5. The first-order valence-corrected chi connectivity index (χ1v) is 9.60. The lowest BCUT2D eigenvalue weighted by molar-refractivity contribution is -0.148. The lowest BCUT2D eigenvalue weighted by Gasteiger charge is -2.38. The van der Waals surface area contributed by atoms with Crippen molar-refractivity contribution in [3.05, 3.63) is 54.1 Å². The van der Waals surface area contributed by atoms with Crippen LogP contribution in [0.3, 0.4) is 0 Å². The number of piperazine rings is 1. The van der Waals surface area contributed by atoms with Crippen LogP contribution in [0.1, 0.15) is 19.4 Å². The number of aliphatic carboxylic acids is 1. The lowest BCUT2D eigenvalue weighted by atomic mass is 9.93. The Morgan fingerprint density at radius 2 is 1.60 bits per heavy atom. The Labute approximate surface area is 189 Å². The summed E-state index contributed by atoms with van der Waals surface area (Å²) in [5.41, 5.74) is 1.06. The van der Waals surface area contributed by atoms with E-state index in [0.29, 0.717) is 6.54 Å². The normalized spacial score (nSPS) is 15.9. The van der Waals surface area contributed by atoms with Crippen molar-refractivity contribution >= 4 is 42.3 Å². The maximum atomic E-state index is 11.4. The zero-order valence-corrected chi connectivity index (χ0v) is 18.7. The molecule has 0 aromatic heterocycles. The number of carboxylic acid groups (broad SMARTS) is 1. The molecule has 30 heavy (non-hydrogen) atoms. The highest BCUT2D eigenvalue weighted by molar-refractivity contribution is 6.03. The van der Waals surface area contributed by atoms with E-state index < -0.39 is 11.4 Å². The fourth-order valence-corrected chi connectivity index (χ4v) is 3.65. The summed E-state index contributed by atoms with van der Waals surface area (Å²) in [6, 6.07) is 15.8. The van der Waals surface area contributed by atoms with Gasteiger partial charge in [0.2, 0.25) is 0 Å². The number of fused-ring (bicyclic) bond motifs is 2. The smallest absolute Gasteiger partial charge is 0.310 e. The Kier molecular flexibility index (Phi) is 7.75. The molecule has 0 bridgehead atoms. The van der Waals surface area contributed by atoms with E-state index in [1.165, 1.54) is 0 Å². The predicted octanol–water partition coefficient (Wildman–Crippen LogP) is 4.44. The molecule has 1 N–H and O–H groups in total. The van der Waals surface area contributed by atoms with Crippen molar-refractivity contribution < 1.29 is 14.6 Å². The number of carboxylic acids is 1. The summed E-state index contributed by atoms with van der Waals surface area (Å²) in [4.78, 5) is 20.9. The molecule has 1 fully saturated rings. The summed E-state index contributed by atoms with van der Waals surface area (Å²) >= 11 is 0. The highest BCUT2D eigenvalue weighted by Crippen LogP contribution is 2.37. The predicted molar refractivity (Wildman–Crippen MR) is 123 cm³/mol. The highest BCUT2D eigenvalue weighted by Gasteiger charge is 2.32. The molecule has 0 amide bonds. The largest absolute Gasteiger partial charge is 0.481 e. The van der Waals surface area contributed by atoms with Gasteiger partial charge < -0.3 is 14.7 Å². The van der Waals surface area contributed by atoms with Crippen molar-refractivity contribution in [3.8, 4) is 11.5 Å². The standard InChI is InChI=1S/C22H25N3O3.2ClH/c1-22(2,21(26)27)15-24-11-13-25(14-12-24)20-16-7-3-5-9-18(16)28-19-10-6-4-8-17(19)23-20;;/h3-10H,11-15H2,1-2H3,(H,26,27);2*1H. The van der Waals surface area contributed by atoms with Gasteiger partial charge in [0.15, 0.2) is 5.75 Å². The first-order chi connectivity index (χ1) is 13.4. The molecule has 1 saturated heterocycles. The monoisotopic (exact) mass is 451 g/mol. The number of amidine groups is 1. The van der Waals surface area contributed by atoms with Crippen molar-refractivity contribution in [1.82, 2.24) is 9.80 Å². The number of halogens is 2. The minimum atomic E-state index is -0.759. The fraction of sp³-hybridized carbons (Fsp3) is 0.364. The van der Waals surface area contributed by atoms with Crippen LogP contribution in [0.5, 0.6) is 11.5 Å². The van der Waals surface area contributed by atoms with Crippen LogP contribution >= 0.6 is 24.8 Å². The Morgan fingerprint density at radius 1 is 1.00 bits per heavy atom. The van der Waals surface area contributed by atoms with E-state index in [0.717, 1.165) is 54.8 Å². The average molecular weight is 452 g/mol. The number of hydrogen-bond donors (Lipinski definition) is 1. The zero-order chi connectivity index (χ0) is 19.7. The van der Waals surface area contributed by atoms with E-state index >= 15 is 0 Å². The summed E-state index contributed by atoms with van der Waals surface area (Å²) in [7, 11) is 0. The number of para-hydroxylation sites is 3. The van der Waals surface area contributed by atoms with E-state index in [-0.39, 0.29) is 24.8 Å². The molecule has 4 rings (SSSR count). The van der Waals surface area contributed by atoms with Crippen LogP contribution in [0.15, 0.2) is 53.5 Å².